The minimum atomic E-state index is -3.92. The Morgan fingerprint density at radius 3 is 2.30 bits per heavy atom. The Morgan fingerprint density at radius 1 is 1.00 bits per heavy atom. The molecule has 0 saturated carbocycles. The van der Waals surface area contributed by atoms with Crippen LogP contribution in [0.1, 0.15) is 23.0 Å². The molecule has 0 fully saturated rings. The molecule has 1 heterocycles. The Kier molecular flexibility index (Phi) is 5.94. The number of hydrogen-bond donors (Lipinski definition) is 4. The third-order valence-electron chi connectivity index (χ3n) is 4.27. The van der Waals surface area contributed by atoms with Gasteiger partial charge in [-0.25, -0.2) is 13.5 Å². The topological polar surface area (TPSA) is 150 Å². The van der Waals surface area contributed by atoms with Gasteiger partial charge in [0.25, 0.3) is 17.4 Å². The summed E-state index contributed by atoms with van der Waals surface area (Å²) in [5, 5.41) is 6.51. The number of aryl methyl sites for hydroxylation is 1. The maximum atomic E-state index is 12.4. The second-order valence-electron chi connectivity index (χ2n) is 6.55. The van der Waals surface area contributed by atoms with Crippen LogP contribution in [-0.2, 0) is 14.8 Å². The number of carbonyl (C=O) groups is 2. The Bertz CT molecular complexity index is 1270. The second kappa shape index (κ2) is 8.43. The van der Waals surface area contributed by atoms with E-state index in [1.54, 1.807) is 30.3 Å². The largest absolute Gasteiger partial charge is 0.290 e. The number of hydrogen-bond acceptors (Lipinski definition) is 6. The van der Waals surface area contributed by atoms with Crippen LogP contribution in [0, 0.1) is 6.92 Å². The van der Waals surface area contributed by atoms with Crippen molar-refractivity contribution in [2.75, 3.05) is 0 Å². The number of rotatable bonds is 5. The smallest absolute Gasteiger partial charge is 0.271 e. The molecule has 0 radical (unpaired) electrons. The normalized spacial score (nSPS) is 12.3. The van der Waals surface area contributed by atoms with Gasteiger partial charge in [0.05, 0.1) is 16.3 Å². The third-order valence-corrected chi connectivity index (χ3v) is 5.82. The number of aromatic nitrogens is 2. The molecule has 2 amide bonds. The fraction of sp³-hybridized carbons (Fsp3) is 0.158. The molecule has 0 aliphatic heterocycles. The summed E-state index contributed by atoms with van der Waals surface area (Å²) >= 11 is 0. The molecule has 11 heteroatoms. The van der Waals surface area contributed by atoms with Crippen molar-refractivity contribution in [1.82, 2.24) is 25.8 Å². The van der Waals surface area contributed by atoms with E-state index in [0.29, 0.717) is 5.39 Å². The monoisotopic (exact) mass is 429 g/mol. The zero-order valence-electron chi connectivity index (χ0n) is 16.1. The van der Waals surface area contributed by atoms with Crippen LogP contribution in [0.15, 0.2) is 58.2 Å². The van der Waals surface area contributed by atoms with Crippen LogP contribution >= 0.6 is 0 Å². The van der Waals surface area contributed by atoms with E-state index < -0.39 is 33.4 Å². The number of nitrogens with one attached hydrogen (secondary N) is 4. The molecular formula is C19H19N5O5S. The first kappa shape index (κ1) is 21.1. The molecule has 0 unspecified atom stereocenters. The maximum Gasteiger partial charge on any atom is 0.290 e. The van der Waals surface area contributed by atoms with Crippen molar-refractivity contribution in [2.45, 2.75) is 24.8 Å². The van der Waals surface area contributed by atoms with Crippen molar-refractivity contribution in [2.24, 2.45) is 0 Å². The summed E-state index contributed by atoms with van der Waals surface area (Å²) < 4.78 is 27.0. The number of fused-ring (bicyclic) bond motifs is 1. The van der Waals surface area contributed by atoms with Crippen LogP contribution in [0.4, 0.5) is 0 Å². The van der Waals surface area contributed by atoms with Gasteiger partial charge in [-0.2, -0.15) is 9.82 Å². The van der Waals surface area contributed by atoms with Crippen molar-refractivity contribution in [3.8, 4) is 0 Å². The van der Waals surface area contributed by atoms with Crippen molar-refractivity contribution < 1.29 is 18.0 Å². The first-order valence-corrected chi connectivity index (χ1v) is 10.3. The Balaban J connectivity index is 1.67. The first-order chi connectivity index (χ1) is 14.2. The number of benzene rings is 2. The number of H-pyrrole nitrogens is 1. The predicted molar refractivity (Wildman–Crippen MR) is 109 cm³/mol. The van der Waals surface area contributed by atoms with Gasteiger partial charge in [0.1, 0.15) is 0 Å². The van der Waals surface area contributed by atoms with Crippen LogP contribution in [-0.4, -0.2) is 36.5 Å². The average Bonchev–Trinajstić information content (AvgIpc) is 2.72. The molecule has 3 rings (SSSR count). The van der Waals surface area contributed by atoms with E-state index in [0.717, 1.165) is 5.56 Å². The van der Waals surface area contributed by atoms with Crippen molar-refractivity contribution >= 4 is 32.6 Å². The Morgan fingerprint density at radius 2 is 1.63 bits per heavy atom. The summed E-state index contributed by atoms with van der Waals surface area (Å²) in [6.07, 6.45) is 0. The highest BCUT2D eigenvalue weighted by molar-refractivity contribution is 7.89. The highest BCUT2D eigenvalue weighted by Gasteiger charge is 2.23. The van der Waals surface area contributed by atoms with Crippen molar-refractivity contribution in [3.63, 3.8) is 0 Å². The van der Waals surface area contributed by atoms with Crippen LogP contribution < -0.4 is 21.1 Å². The highest BCUT2D eigenvalue weighted by Crippen LogP contribution is 2.12. The number of amides is 2. The van der Waals surface area contributed by atoms with Crippen LogP contribution in [0.25, 0.3) is 10.8 Å². The number of aromatic amines is 1. The quantitative estimate of drug-likeness (QED) is 0.430. The zero-order valence-corrected chi connectivity index (χ0v) is 16.9. The van der Waals surface area contributed by atoms with E-state index in [9.17, 15) is 22.8 Å². The molecule has 0 aliphatic carbocycles. The molecule has 156 valence electrons. The SMILES string of the molecule is Cc1ccc(S(=O)(=O)N[C@@H](C)C(=O)NNC(=O)c2n[nH]c(=O)c3ccccc23)cc1. The van der Waals surface area contributed by atoms with E-state index in [2.05, 4.69) is 25.8 Å². The molecular weight excluding hydrogens is 410 g/mol. The first-order valence-electron chi connectivity index (χ1n) is 8.85. The number of hydrazine groups is 1. The summed E-state index contributed by atoms with van der Waals surface area (Å²) in [6.45, 7) is 3.16. The summed E-state index contributed by atoms with van der Waals surface area (Å²) in [5.74, 6) is -1.56. The molecule has 0 aliphatic rings. The van der Waals surface area contributed by atoms with E-state index in [1.807, 2.05) is 6.92 Å². The molecule has 30 heavy (non-hydrogen) atoms. The molecule has 0 saturated heterocycles. The van der Waals surface area contributed by atoms with E-state index >= 15 is 0 Å². The van der Waals surface area contributed by atoms with Crippen LogP contribution in [0.5, 0.6) is 0 Å². The fourth-order valence-electron chi connectivity index (χ4n) is 2.65. The minimum absolute atomic E-state index is 0.0145. The maximum absolute atomic E-state index is 12.4. The molecule has 4 N–H and O–H groups in total. The summed E-state index contributed by atoms with van der Waals surface area (Å²) in [7, 11) is -3.92. The summed E-state index contributed by atoms with van der Waals surface area (Å²) in [4.78, 5) is 36.4. The van der Waals surface area contributed by atoms with Crippen LogP contribution in [0.3, 0.4) is 0 Å². The highest BCUT2D eigenvalue weighted by atomic mass is 32.2. The van der Waals surface area contributed by atoms with E-state index in [-0.39, 0.29) is 16.0 Å². The Labute approximate surface area is 171 Å². The lowest BCUT2D eigenvalue weighted by atomic mass is 10.1. The lowest BCUT2D eigenvalue weighted by Crippen LogP contribution is -2.51. The number of carbonyl (C=O) groups excluding carboxylic acids is 2. The molecule has 0 spiro atoms. The third kappa shape index (κ3) is 4.53. The van der Waals surface area contributed by atoms with E-state index in [1.165, 1.54) is 25.1 Å². The van der Waals surface area contributed by atoms with Gasteiger partial charge in [0, 0.05) is 5.39 Å². The molecule has 0 bridgehead atoms. The van der Waals surface area contributed by atoms with Gasteiger partial charge in [-0.3, -0.25) is 25.2 Å². The lowest BCUT2D eigenvalue weighted by Gasteiger charge is -2.15. The van der Waals surface area contributed by atoms with Gasteiger partial charge in [0.2, 0.25) is 10.0 Å². The number of nitrogens with zero attached hydrogens (tertiary/aromatic N) is 1. The minimum Gasteiger partial charge on any atom is -0.271 e. The molecule has 1 atom stereocenters. The average molecular weight is 429 g/mol. The molecule has 3 aromatic rings. The van der Waals surface area contributed by atoms with Gasteiger partial charge in [-0.1, -0.05) is 35.9 Å². The van der Waals surface area contributed by atoms with Gasteiger partial charge in [0.15, 0.2) is 5.69 Å². The predicted octanol–water partition coefficient (Wildman–Crippen LogP) is 0.360. The molecule has 10 nitrogen and oxygen atoms in total. The molecule has 1 aromatic heterocycles. The van der Waals surface area contributed by atoms with Gasteiger partial charge in [-0.15, -0.1) is 0 Å². The van der Waals surface area contributed by atoms with Crippen LogP contribution in [0.2, 0.25) is 0 Å². The molecule has 2 aromatic carbocycles. The summed E-state index contributed by atoms with van der Waals surface area (Å²) in [6, 6.07) is 11.3. The second-order valence-corrected chi connectivity index (χ2v) is 8.26. The summed E-state index contributed by atoms with van der Waals surface area (Å²) in [5.41, 5.74) is 4.65. The zero-order chi connectivity index (χ0) is 21.9. The van der Waals surface area contributed by atoms with Gasteiger partial charge < -0.3 is 0 Å². The van der Waals surface area contributed by atoms with Gasteiger partial charge in [-0.05, 0) is 32.0 Å². The fourth-order valence-corrected chi connectivity index (χ4v) is 3.85. The van der Waals surface area contributed by atoms with Crippen molar-refractivity contribution in [3.05, 3.63) is 70.1 Å². The van der Waals surface area contributed by atoms with E-state index in [4.69, 9.17) is 0 Å². The standard InChI is InChI=1S/C19H19N5O5S/c1-11-7-9-13(10-8-11)30(28,29)24-12(2)17(25)21-23-19(27)16-14-5-3-4-6-15(14)18(26)22-20-16/h3-10,12,24H,1-2H3,(H,21,25)(H,22,26)(H,23,27)/t12-/m0/s1. The van der Waals surface area contributed by atoms with Crippen molar-refractivity contribution in [1.29, 1.82) is 0 Å². The van der Waals surface area contributed by atoms with Gasteiger partial charge >= 0.3 is 0 Å². The lowest BCUT2D eigenvalue weighted by molar-refractivity contribution is -0.123. The number of sulfonamides is 1. The Hall–Kier alpha value is -3.57.